The minimum absolute atomic E-state index is 0.178. The molecule has 2 N–H and O–H groups in total. The Labute approximate surface area is 147 Å². The molecule has 0 spiro atoms. The Morgan fingerprint density at radius 3 is 2.40 bits per heavy atom. The van der Waals surface area contributed by atoms with Gasteiger partial charge in [-0.2, -0.15) is 0 Å². The van der Waals surface area contributed by atoms with E-state index in [0.29, 0.717) is 16.6 Å². The molecule has 130 valence electrons. The highest BCUT2D eigenvalue weighted by atomic mass is 32.1. The van der Waals surface area contributed by atoms with Gasteiger partial charge in [0.15, 0.2) is 0 Å². The van der Waals surface area contributed by atoms with Crippen LogP contribution in [0.15, 0.2) is 27.8 Å². The largest absolute Gasteiger partial charge is 0.333 e. The van der Waals surface area contributed by atoms with Crippen molar-refractivity contribution in [2.75, 3.05) is 7.05 Å². The molecule has 3 aromatic rings. The Balaban J connectivity index is 1.95. The molecule has 0 aliphatic carbocycles. The van der Waals surface area contributed by atoms with Crippen molar-refractivity contribution in [2.24, 2.45) is 0 Å². The number of H-pyrrole nitrogens is 2. The van der Waals surface area contributed by atoms with E-state index in [0.717, 1.165) is 15.6 Å². The maximum absolute atomic E-state index is 12.8. The SMILES string of the molecule is Cc1nc(C(C)N(C)C(=O)c2ccc3[nH]c(=O)c(=O)[nH]c3c2)c(C)s1. The predicted molar refractivity (Wildman–Crippen MR) is 97.3 cm³/mol. The second kappa shape index (κ2) is 6.29. The van der Waals surface area contributed by atoms with Gasteiger partial charge >= 0.3 is 11.1 Å². The van der Waals surface area contributed by atoms with Crippen LogP contribution in [-0.4, -0.2) is 32.8 Å². The fraction of sp³-hybridized carbons (Fsp3) is 0.294. The van der Waals surface area contributed by atoms with Gasteiger partial charge in [-0.3, -0.25) is 14.4 Å². The number of nitrogens with one attached hydrogen (secondary N) is 2. The Bertz CT molecular complexity index is 1080. The highest BCUT2D eigenvalue weighted by molar-refractivity contribution is 7.11. The third-order valence-corrected chi connectivity index (χ3v) is 5.11. The second-order valence-electron chi connectivity index (χ2n) is 5.93. The lowest BCUT2D eigenvalue weighted by molar-refractivity contribution is 0.0740. The van der Waals surface area contributed by atoms with Crippen LogP contribution in [0.25, 0.3) is 11.0 Å². The van der Waals surface area contributed by atoms with E-state index in [9.17, 15) is 14.4 Å². The van der Waals surface area contributed by atoms with Crippen molar-refractivity contribution in [3.8, 4) is 0 Å². The summed E-state index contributed by atoms with van der Waals surface area (Å²) in [5.41, 5.74) is 0.741. The number of aromatic amines is 2. The number of thiazole rings is 1. The molecule has 2 heterocycles. The molecule has 0 bridgehead atoms. The topological polar surface area (TPSA) is 98.9 Å². The number of amides is 1. The Morgan fingerprint density at radius 2 is 1.80 bits per heavy atom. The lowest BCUT2D eigenvalue weighted by Crippen LogP contribution is -2.31. The third-order valence-electron chi connectivity index (χ3n) is 4.21. The van der Waals surface area contributed by atoms with E-state index in [1.165, 1.54) is 0 Å². The fourth-order valence-electron chi connectivity index (χ4n) is 2.74. The molecule has 0 radical (unpaired) electrons. The van der Waals surface area contributed by atoms with E-state index in [2.05, 4.69) is 15.0 Å². The van der Waals surface area contributed by atoms with Gasteiger partial charge < -0.3 is 14.9 Å². The summed E-state index contributed by atoms with van der Waals surface area (Å²) in [5.74, 6) is -0.188. The Hall–Kier alpha value is -2.74. The highest BCUT2D eigenvalue weighted by Crippen LogP contribution is 2.27. The Morgan fingerprint density at radius 1 is 1.16 bits per heavy atom. The van der Waals surface area contributed by atoms with Crippen LogP contribution in [0, 0.1) is 13.8 Å². The zero-order valence-electron chi connectivity index (χ0n) is 14.3. The van der Waals surface area contributed by atoms with Gasteiger partial charge in [0.05, 0.1) is 27.8 Å². The highest BCUT2D eigenvalue weighted by Gasteiger charge is 2.23. The molecule has 0 aliphatic heterocycles. The molecule has 1 atom stereocenters. The van der Waals surface area contributed by atoms with Crippen LogP contribution in [0.3, 0.4) is 0 Å². The Kier molecular flexibility index (Phi) is 4.30. The van der Waals surface area contributed by atoms with E-state index >= 15 is 0 Å². The first kappa shape index (κ1) is 17.1. The zero-order chi connectivity index (χ0) is 18.3. The predicted octanol–water partition coefficient (Wildman–Crippen LogP) is 2.12. The van der Waals surface area contributed by atoms with Gasteiger partial charge in [-0.25, -0.2) is 4.98 Å². The minimum atomic E-state index is -0.743. The average molecular weight is 358 g/mol. The van der Waals surface area contributed by atoms with Gasteiger partial charge in [0.1, 0.15) is 0 Å². The first-order valence-corrected chi connectivity index (χ1v) is 8.57. The average Bonchev–Trinajstić information content (AvgIpc) is 2.92. The van der Waals surface area contributed by atoms with Gasteiger partial charge in [-0.05, 0) is 39.0 Å². The van der Waals surface area contributed by atoms with Crippen LogP contribution in [0.5, 0.6) is 0 Å². The van der Waals surface area contributed by atoms with Gasteiger partial charge in [-0.15, -0.1) is 11.3 Å². The van der Waals surface area contributed by atoms with Crippen LogP contribution >= 0.6 is 11.3 Å². The summed E-state index contributed by atoms with van der Waals surface area (Å²) < 4.78 is 0. The van der Waals surface area contributed by atoms with Gasteiger partial charge in [0.25, 0.3) is 5.91 Å². The summed E-state index contributed by atoms with van der Waals surface area (Å²) in [6.45, 7) is 5.86. The number of hydrogen-bond donors (Lipinski definition) is 2. The molecule has 3 rings (SSSR count). The van der Waals surface area contributed by atoms with E-state index in [-0.39, 0.29) is 11.9 Å². The van der Waals surface area contributed by atoms with Crippen molar-refractivity contribution >= 4 is 28.3 Å². The molecular formula is C17H18N4O3S. The van der Waals surface area contributed by atoms with Crippen molar-refractivity contribution in [1.29, 1.82) is 0 Å². The molecule has 0 saturated heterocycles. The summed E-state index contributed by atoms with van der Waals surface area (Å²) in [6, 6.07) is 4.62. The first-order chi connectivity index (χ1) is 11.8. The van der Waals surface area contributed by atoms with E-state index in [1.807, 2.05) is 20.8 Å². The van der Waals surface area contributed by atoms with Crippen LogP contribution in [0.2, 0.25) is 0 Å². The van der Waals surface area contributed by atoms with Crippen LogP contribution in [-0.2, 0) is 0 Å². The molecule has 7 nitrogen and oxygen atoms in total. The number of aryl methyl sites for hydroxylation is 2. The van der Waals surface area contributed by atoms with Crippen LogP contribution < -0.4 is 11.1 Å². The van der Waals surface area contributed by atoms with Crippen molar-refractivity contribution in [3.63, 3.8) is 0 Å². The number of hydrogen-bond acceptors (Lipinski definition) is 5. The molecule has 0 fully saturated rings. The maximum atomic E-state index is 12.8. The number of fused-ring (bicyclic) bond motifs is 1. The minimum Gasteiger partial charge on any atom is -0.333 e. The molecule has 25 heavy (non-hydrogen) atoms. The van der Waals surface area contributed by atoms with Crippen molar-refractivity contribution < 1.29 is 4.79 Å². The molecule has 1 unspecified atom stereocenters. The van der Waals surface area contributed by atoms with Crippen molar-refractivity contribution in [1.82, 2.24) is 19.9 Å². The molecule has 1 aromatic carbocycles. The summed E-state index contributed by atoms with van der Waals surface area (Å²) in [6.07, 6.45) is 0. The number of rotatable bonds is 3. The first-order valence-electron chi connectivity index (χ1n) is 7.75. The number of benzene rings is 1. The number of carbonyl (C=O) groups is 1. The van der Waals surface area contributed by atoms with E-state index in [1.54, 1.807) is 41.5 Å². The monoisotopic (exact) mass is 358 g/mol. The number of aromatic nitrogens is 3. The van der Waals surface area contributed by atoms with Crippen molar-refractivity contribution in [3.05, 3.63) is 60.0 Å². The molecule has 0 saturated carbocycles. The summed E-state index contributed by atoms with van der Waals surface area (Å²) in [5, 5.41) is 0.965. The standard InChI is InChI=1S/C17H18N4O3S/c1-8(14-9(2)25-10(3)18-14)21(4)17(24)11-5-6-12-13(7-11)20-16(23)15(22)19-12/h5-8H,1-4H3,(H,19,22)(H,20,23). The zero-order valence-corrected chi connectivity index (χ0v) is 15.2. The molecule has 8 heteroatoms. The third kappa shape index (κ3) is 3.12. The van der Waals surface area contributed by atoms with Crippen molar-refractivity contribution in [2.45, 2.75) is 26.8 Å². The fourth-order valence-corrected chi connectivity index (χ4v) is 3.65. The number of carbonyl (C=O) groups excluding carboxylic acids is 1. The number of nitrogens with zero attached hydrogens (tertiary/aromatic N) is 2. The summed E-state index contributed by atoms with van der Waals surface area (Å²) >= 11 is 1.60. The quantitative estimate of drug-likeness (QED) is 0.701. The molecular weight excluding hydrogens is 340 g/mol. The van der Waals surface area contributed by atoms with Crippen LogP contribution in [0.4, 0.5) is 0 Å². The van der Waals surface area contributed by atoms with Gasteiger partial charge in [0, 0.05) is 17.5 Å². The second-order valence-corrected chi connectivity index (χ2v) is 7.34. The van der Waals surface area contributed by atoms with Gasteiger partial charge in [-0.1, -0.05) is 0 Å². The van der Waals surface area contributed by atoms with E-state index < -0.39 is 11.1 Å². The van der Waals surface area contributed by atoms with E-state index in [4.69, 9.17) is 0 Å². The lowest BCUT2D eigenvalue weighted by atomic mass is 10.1. The van der Waals surface area contributed by atoms with Crippen LogP contribution in [0.1, 0.15) is 38.9 Å². The smallest absolute Gasteiger partial charge is 0.314 e. The van der Waals surface area contributed by atoms with Gasteiger partial charge in [0.2, 0.25) is 0 Å². The molecule has 2 aromatic heterocycles. The maximum Gasteiger partial charge on any atom is 0.314 e. The summed E-state index contributed by atoms with van der Waals surface area (Å²) in [4.78, 5) is 47.8. The normalized spacial score (nSPS) is 12.3. The lowest BCUT2D eigenvalue weighted by Gasteiger charge is -2.24. The molecule has 1 amide bonds. The molecule has 0 aliphatic rings. The summed E-state index contributed by atoms with van der Waals surface area (Å²) in [7, 11) is 1.72.